The van der Waals surface area contributed by atoms with Gasteiger partial charge in [0.15, 0.2) is 18.1 Å². The fraction of sp³-hybridized carbons (Fsp3) is 0.190. The monoisotopic (exact) mass is 434 g/mol. The van der Waals surface area contributed by atoms with Crippen LogP contribution in [0.4, 0.5) is 13.2 Å². The number of hydrogen-bond acceptors (Lipinski definition) is 7. The number of hydrogen-bond donors (Lipinski definition) is 0. The highest BCUT2D eigenvalue weighted by Gasteiger charge is 2.30. The number of halogens is 3. The fourth-order valence-electron chi connectivity index (χ4n) is 2.51. The molecule has 0 fully saturated rings. The van der Waals surface area contributed by atoms with Crippen molar-refractivity contribution in [2.45, 2.75) is 12.8 Å². The van der Waals surface area contributed by atoms with E-state index in [9.17, 15) is 18.0 Å². The van der Waals surface area contributed by atoms with Crippen molar-refractivity contribution in [3.05, 3.63) is 72.1 Å². The van der Waals surface area contributed by atoms with Crippen LogP contribution in [-0.2, 0) is 17.5 Å². The van der Waals surface area contributed by atoms with E-state index in [1.807, 2.05) is 0 Å². The van der Waals surface area contributed by atoms with E-state index in [-0.39, 0.29) is 30.5 Å². The van der Waals surface area contributed by atoms with Crippen LogP contribution in [-0.4, -0.2) is 29.8 Å². The smallest absolute Gasteiger partial charge is 0.416 e. The molecule has 1 aromatic heterocycles. The van der Waals surface area contributed by atoms with Gasteiger partial charge in [-0.2, -0.15) is 18.2 Å². The summed E-state index contributed by atoms with van der Waals surface area (Å²) in [5.74, 6) is 0.185. The Hall–Kier alpha value is -3.82. The molecule has 162 valence electrons. The molecule has 1 heterocycles. The molecule has 0 unspecified atom stereocenters. The first-order valence-electron chi connectivity index (χ1n) is 8.91. The van der Waals surface area contributed by atoms with E-state index in [1.165, 1.54) is 31.4 Å². The number of methoxy groups -OCH3 is 1. The molecule has 0 aliphatic heterocycles. The summed E-state index contributed by atoms with van der Waals surface area (Å²) in [5.41, 5.74) is -0.246. The summed E-state index contributed by atoms with van der Waals surface area (Å²) in [4.78, 5) is 16.3. The molecule has 0 saturated heterocycles. The Kier molecular flexibility index (Phi) is 6.58. The number of aromatic nitrogens is 2. The highest BCUT2D eigenvalue weighted by Crippen LogP contribution is 2.31. The van der Waals surface area contributed by atoms with E-state index in [1.54, 1.807) is 12.1 Å². The second-order valence-electron chi connectivity index (χ2n) is 6.13. The topological polar surface area (TPSA) is 83.7 Å². The van der Waals surface area contributed by atoms with Crippen molar-refractivity contribution in [1.29, 1.82) is 0 Å². The lowest BCUT2D eigenvalue weighted by atomic mass is 10.1. The Morgan fingerprint density at radius 3 is 2.55 bits per heavy atom. The standard InChI is InChI=1S/C21H17F3N2O5/c1-3-10-29-16-9-6-14(11-17(16)28-2)20(27)30-12-18-25-19(26-31-18)13-4-7-15(8-5-13)21(22,23)24/h3-9,11H,1,10,12H2,2H3. The van der Waals surface area contributed by atoms with Crippen LogP contribution in [0.3, 0.4) is 0 Å². The molecule has 10 heteroatoms. The number of ether oxygens (including phenoxy) is 3. The number of esters is 1. The zero-order valence-electron chi connectivity index (χ0n) is 16.3. The van der Waals surface area contributed by atoms with Crippen LogP contribution in [0, 0.1) is 0 Å². The summed E-state index contributed by atoms with van der Waals surface area (Å²) in [6.45, 7) is 3.52. The average Bonchev–Trinajstić information content (AvgIpc) is 3.24. The molecule has 0 radical (unpaired) electrons. The zero-order chi connectivity index (χ0) is 22.4. The van der Waals surface area contributed by atoms with E-state index >= 15 is 0 Å². The third-order valence-corrected chi connectivity index (χ3v) is 4.02. The van der Waals surface area contributed by atoms with E-state index in [4.69, 9.17) is 18.7 Å². The number of alkyl halides is 3. The van der Waals surface area contributed by atoms with E-state index in [0.717, 1.165) is 12.1 Å². The van der Waals surface area contributed by atoms with Gasteiger partial charge >= 0.3 is 12.1 Å². The highest BCUT2D eigenvalue weighted by atomic mass is 19.4. The van der Waals surface area contributed by atoms with Crippen molar-refractivity contribution in [3.8, 4) is 22.9 Å². The molecule has 3 aromatic rings. The number of rotatable bonds is 8. The molecule has 31 heavy (non-hydrogen) atoms. The predicted octanol–water partition coefficient (Wildman–Crippen LogP) is 4.69. The lowest BCUT2D eigenvalue weighted by Crippen LogP contribution is -2.06. The molecule has 0 bridgehead atoms. The van der Waals surface area contributed by atoms with Crippen molar-refractivity contribution in [2.75, 3.05) is 13.7 Å². The second-order valence-corrected chi connectivity index (χ2v) is 6.13. The SMILES string of the molecule is C=CCOc1ccc(C(=O)OCc2nc(-c3ccc(C(F)(F)F)cc3)no2)cc1OC. The average molecular weight is 434 g/mol. The molecule has 0 atom stereocenters. The lowest BCUT2D eigenvalue weighted by Gasteiger charge is -2.10. The third-order valence-electron chi connectivity index (χ3n) is 4.02. The Labute approximate surface area is 175 Å². The molecule has 3 rings (SSSR count). The molecule has 0 spiro atoms. The van der Waals surface area contributed by atoms with Crippen LogP contribution >= 0.6 is 0 Å². The van der Waals surface area contributed by atoms with Crippen LogP contribution in [0.25, 0.3) is 11.4 Å². The van der Waals surface area contributed by atoms with Gasteiger partial charge in [0.1, 0.15) is 6.61 Å². The number of carbonyl (C=O) groups excluding carboxylic acids is 1. The molecule has 7 nitrogen and oxygen atoms in total. The zero-order valence-corrected chi connectivity index (χ0v) is 16.3. The van der Waals surface area contributed by atoms with E-state index < -0.39 is 17.7 Å². The predicted molar refractivity (Wildman–Crippen MR) is 103 cm³/mol. The van der Waals surface area contributed by atoms with Crippen LogP contribution in [0.5, 0.6) is 11.5 Å². The number of benzene rings is 2. The first-order valence-corrected chi connectivity index (χ1v) is 8.91. The summed E-state index contributed by atoms with van der Waals surface area (Å²) in [5, 5.41) is 3.69. The Morgan fingerprint density at radius 2 is 1.90 bits per heavy atom. The maximum Gasteiger partial charge on any atom is 0.416 e. The second kappa shape index (κ2) is 9.33. The first-order chi connectivity index (χ1) is 14.8. The van der Waals surface area contributed by atoms with Gasteiger partial charge in [-0.3, -0.25) is 0 Å². The molecule has 0 N–H and O–H groups in total. The van der Waals surface area contributed by atoms with Gasteiger partial charge in [-0.05, 0) is 30.3 Å². The molecular formula is C21H17F3N2O5. The number of nitrogens with zero attached hydrogens (tertiary/aromatic N) is 2. The molecule has 0 amide bonds. The lowest BCUT2D eigenvalue weighted by molar-refractivity contribution is -0.137. The van der Waals surface area contributed by atoms with Gasteiger partial charge < -0.3 is 18.7 Å². The van der Waals surface area contributed by atoms with Gasteiger partial charge in [0.2, 0.25) is 5.82 Å². The quantitative estimate of drug-likeness (QED) is 0.376. The fourth-order valence-corrected chi connectivity index (χ4v) is 2.51. The van der Waals surface area contributed by atoms with Crippen molar-refractivity contribution < 1.29 is 36.7 Å². The normalized spacial score (nSPS) is 11.1. The summed E-state index contributed by atoms with van der Waals surface area (Å²) < 4.78 is 58.7. The van der Waals surface area contributed by atoms with Gasteiger partial charge in [-0.25, -0.2) is 4.79 Å². The van der Waals surface area contributed by atoms with Gasteiger partial charge in [0, 0.05) is 5.56 Å². The van der Waals surface area contributed by atoms with Crippen LogP contribution in [0.2, 0.25) is 0 Å². The van der Waals surface area contributed by atoms with E-state index in [2.05, 4.69) is 16.7 Å². The maximum absolute atomic E-state index is 12.6. The van der Waals surface area contributed by atoms with Gasteiger partial charge in [-0.1, -0.05) is 29.9 Å². The van der Waals surface area contributed by atoms with Crippen molar-refractivity contribution >= 4 is 5.97 Å². The molecule has 0 saturated carbocycles. The third kappa shape index (κ3) is 5.41. The first kappa shape index (κ1) is 21.9. The van der Waals surface area contributed by atoms with Crippen molar-refractivity contribution in [3.63, 3.8) is 0 Å². The van der Waals surface area contributed by atoms with Crippen LogP contribution < -0.4 is 9.47 Å². The van der Waals surface area contributed by atoms with E-state index in [0.29, 0.717) is 17.1 Å². The summed E-state index contributed by atoms with van der Waals surface area (Å²) in [6.07, 6.45) is -2.86. The largest absolute Gasteiger partial charge is 0.493 e. The summed E-state index contributed by atoms with van der Waals surface area (Å²) in [7, 11) is 1.44. The Morgan fingerprint density at radius 1 is 1.16 bits per heavy atom. The van der Waals surface area contributed by atoms with Crippen molar-refractivity contribution in [1.82, 2.24) is 10.1 Å². The van der Waals surface area contributed by atoms with Gasteiger partial charge in [-0.15, -0.1) is 0 Å². The minimum Gasteiger partial charge on any atom is -0.493 e. The van der Waals surface area contributed by atoms with Gasteiger partial charge in [0.25, 0.3) is 5.89 Å². The molecule has 0 aliphatic rings. The molecule has 2 aromatic carbocycles. The summed E-state index contributed by atoms with van der Waals surface area (Å²) >= 11 is 0. The van der Waals surface area contributed by atoms with Crippen molar-refractivity contribution in [2.24, 2.45) is 0 Å². The minimum atomic E-state index is -4.44. The Balaban J connectivity index is 1.64. The summed E-state index contributed by atoms with van der Waals surface area (Å²) in [6, 6.07) is 8.82. The van der Waals surface area contributed by atoms with Crippen LogP contribution in [0.15, 0.2) is 59.6 Å². The minimum absolute atomic E-state index is 0.0128. The molecule has 0 aliphatic carbocycles. The maximum atomic E-state index is 12.6. The number of carbonyl (C=O) groups is 1. The Bertz CT molecular complexity index is 1060. The van der Waals surface area contributed by atoms with Crippen LogP contribution in [0.1, 0.15) is 21.8 Å². The highest BCUT2D eigenvalue weighted by molar-refractivity contribution is 5.90. The molecular weight excluding hydrogens is 417 g/mol. The van der Waals surface area contributed by atoms with Gasteiger partial charge in [0.05, 0.1) is 18.2 Å².